The normalized spacial score (nSPS) is 18.8. The van der Waals surface area contributed by atoms with Gasteiger partial charge in [-0.2, -0.15) is 0 Å². The molecule has 0 aromatic carbocycles. The number of rotatable bonds is 5. The van der Waals surface area contributed by atoms with Crippen LogP contribution in [0.3, 0.4) is 0 Å². The number of hydrogen-bond donors (Lipinski definition) is 1. The summed E-state index contributed by atoms with van der Waals surface area (Å²) in [5.41, 5.74) is 5.58. The third-order valence-electron chi connectivity index (χ3n) is 3.86. The van der Waals surface area contributed by atoms with Crippen molar-refractivity contribution in [3.8, 4) is 0 Å². The highest BCUT2D eigenvalue weighted by Gasteiger charge is 2.24. The highest BCUT2D eigenvalue weighted by molar-refractivity contribution is 5.03. The molecule has 1 unspecified atom stereocenters. The van der Waals surface area contributed by atoms with Gasteiger partial charge in [-0.15, -0.1) is 10.2 Å². The van der Waals surface area contributed by atoms with Gasteiger partial charge in [0.05, 0.1) is 0 Å². The van der Waals surface area contributed by atoms with E-state index in [2.05, 4.69) is 28.6 Å². The Kier molecular flexibility index (Phi) is 4.15. The molecule has 1 fully saturated rings. The molecule has 1 heterocycles. The van der Waals surface area contributed by atoms with Crippen LogP contribution in [0.2, 0.25) is 0 Å². The summed E-state index contributed by atoms with van der Waals surface area (Å²) in [6, 6.07) is 0.639. The second-order valence-electron chi connectivity index (χ2n) is 5.25. The third-order valence-corrected chi connectivity index (χ3v) is 3.86. The fourth-order valence-electron chi connectivity index (χ4n) is 2.89. The summed E-state index contributed by atoms with van der Waals surface area (Å²) in [6.45, 7) is 5.08. The summed E-state index contributed by atoms with van der Waals surface area (Å²) in [5, 5.41) is 8.66. The van der Waals surface area contributed by atoms with Crippen LogP contribution in [0.4, 0.5) is 0 Å². The van der Waals surface area contributed by atoms with E-state index in [9.17, 15) is 0 Å². The molecule has 4 nitrogen and oxygen atoms in total. The molecular formula is C13H24N4. The maximum atomic E-state index is 5.58. The number of aryl methyl sites for hydroxylation is 1. The maximum Gasteiger partial charge on any atom is 0.136 e. The Bertz CT molecular complexity index is 352. The van der Waals surface area contributed by atoms with E-state index in [4.69, 9.17) is 5.73 Å². The van der Waals surface area contributed by atoms with E-state index in [-0.39, 0.29) is 0 Å². The van der Waals surface area contributed by atoms with Gasteiger partial charge < -0.3 is 10.3 Å². The van der Waals surface area contributed by atoms with E-state index in [0.717, 1.165) is 25.2 Å². The lowest BCUT2D eigenvalue weighted by Crippen LogP contribution is -2.14. The summed E-state index contributed by atoms with van der Waals surface area (Å²) in [5.74, 6) is 2.72. The Labute approximate surface area is 104 Å². The van der Waals surface area contributed by atoms with Gasteiger partial charge in [-0.3, -0.25) is 0 Å². The van der Waals surface area contributed by atoms with Crippen LogP contribution in [0.15, 0.2) is 0 Å². The molecule has 96 valence electrons. The second-order valence-corrected chi connectivity index (χ2v) is 5.25. The maximum absolute atomic E-state index is 5.58. The quantitative estimate of drug-likeness (QED) is 0.854. The standard InChI is InChI=1S/C13H24N4/c1-10(6-5-9-14)13-16-15-11(2)17(13)12-7-3-4-8-12/h10,12H,3-9,14H2,1-2H3. The largest absolute Gasteiger partial charge is 0.330 e. The minimum atomic E-state index is 0.473. The second kappa shape index (κ2) is 5.63. The van der Waals surface area contributed by atoms with E-state index < -0.39 is 0 Å². The van der Waals surface area contributed by atoms with Crippen molar-refractivity contribution in [1.82, 2.24) is 14.8 Å². The van der Waals surface area contributed by atoms with E-state index >= 15 is 0 Å². The molecule has 1 aromatic heterocycles. The van der Waals surface area contributed by atoms with Crippen LogP contribution in [0.25, 0.3) is 0 Å². The van der Waals surface area contributed by atoms with Gasteiger partial charge in [0, 0.05) is 12.0 Å². The molecule has 2 rings (SSSR count). The van der Waals surface area contributed by atoms with Crippen LogP contribution in [0.5, 0.6) is 0 Å². The van der Waals surface area contributed by atoms with Crippen molar-refractivity contribution in [2.24, 2.45) is 5.73 Å². The smallest absolute Gasteiger partial charge is 0.136 e. The summed E-state index contributed by atoms with van der Waals surface area (Å²) in [4.78, 5) is 0. The Morgan fingerprint density at radius 3 is 2.71 bits per heavy atom. The summed E-state index contributed by atoms with van der Waals surface area (Å²) < 4.78 is 2.38. The molecule has 1 aliphatic carbocycles. The predicted molar refractivity (Wildman–Crippen MR) is 69.0 cm³/mol. The third kappa shape index (κ3) is 2.68. The number of nitrogens with two attached hydrogens (primary N) is 1. The molecule has 0 saturated heterocycles. The summed E-state index contributed by atoms with van der Waals surface area (Å²) in [7, 11) is 0. The molecule has 0 spiro atoms. The van der Waals surface area contributed by atoms with Crippen molar-refractivity contribution in [3.05, 3.63) is 11.6 Å². The Balaban J connectivity index is 2.16. The van der Waals surface area contributed by atoms with Crippen molar-refractivity contribution < 1.29 is 0 Å². The predicted octanol–water partition coefficient (Wildman–Crippen LogP) is 2.54. The monoisotopic (exact) mass is 236 g/mol. The molecule has 1 aliphatic rings. The molecule has 2 N–H and O–H groups in total. The van der Waals surface area contributed by atoms with Gasteiger partial charge in [-0.05, 0) is 39.2 Å². The van der Waals surface area contributed by atoms with E-state index in [0.29, 0.717) is 12.0 Å². The van der Waals surface area contributed by atoms with Crippen molar-refractivity contribution in [1.29, 1.82) is 0 Å². The lowest BCUT2D eigenvalue weighted by molar-refractivity contribution is 0.461. The molecule has 0 radical (unpaired) electrons. The zero-order valence-electron chi connectivity index (χ0n) is 11.0. The van der Waals surface area contributed by atoms with Gasteiger partial charge in [0.2, 0.25) is 0 Å². The average molecular weight is 236 g/mol. The first-order chi connectivity index (χ1) is 8.24. The molecule has 0 aliphatic heterocycles. The first kappa shape index (κ1) is 12.6. The van der Waals surface area contributed by atoms with Gasteiger partial charge in [0.1, 0.15) is 11.6 Å². The summed E-state index contributed by atoms with van der Waals surface area (Å²) in [6.07, 6.45) is 7.45. The van der Waals surface area contributed by atoms with E-state index in [1.165, 1.54) is 31.5 Å². The number of nitrogens with zero attached hydrogens (tertiary/aromatic N) is 3. The topological polar surface area (TPSA) is 56.7 Å². The molecule has 4 heteroatoms. The Morgan fingerprint density at radius 2 is 2.06 bits per heavy atom. The fraction of sp³-hybridized carbons (Fsp3) is 0.846. The lowest BCUT2D eigenvalue weighted by atomic mass is 10.0. The van der Waals surface area contributed by atoms with Crippen molar-refractivity contribution in [2.75, 3.05) is 6.54 Å². The van der Waals surface area contributed by atoms with Crippen LogP contribution in [-0.4, -0.2) is 21.3 Å². The van der Waals surface area contributed by atoms with Crippen LogP contribution >= 0.6 is 0 Å². The molecule has 1 saturated carbocycles. The summed E-state index contributed by atoms with van der Waals surface area (Å²) >= 11 is 0. The van der Waals surface area contributed by atoms with Crippen LogP contribution in [0.1, 0.15) is 69.1 Å². The van der Waals surface area contributed by atoms with Gasteiger partial charge in [0.15, 0.2) is 0 Å². The first-order valence-electron chi connectivity index (χ1n) is 6.85. The van der Waals surface area contributed by atoms with Crippen LogP contribution < -0.4 is 5.73 Å². The molecule has 1 atom stereocenters. The van der Waals surface area contributed by atoms with E-state index in [1.54, 1.807) is 0 Å². The van der Waals surface area contributed by atoms with Gasteiger partial charge in [-0.25, -0.2) is 0 Å². The van der Waals surface area contributed by atoms with Crippen molar-refractivity contribution in [3.63, 3.8) is 0 Å². The fourth-order valence-corrected chi connectivity index (χ4v) is 2.89. The zero-order valence-corrected chi connectivity index (χ0v) is 11.0. The Morgan fingerprint density at radius 1 is 1.35 bits per heavy atom. The minimum absolute atomic E-state index is 0.473. The molecule has 0 bridgehead atoms. The minimum Gasteiger partial charge on any atom is -0.330 e. The average Bonchev–Trinajstić information content (AvgIpc) is 2.94. The van der Waals surface area contributed by atoms with Crippen molar-refractivity contribution in [2.45, 2.75) is 64.3 Å². The zero-order chi connectivity index (χ0) is 12.3. The lowest BCUT2D eigenvalue weighted by Gasteiger charge is -2.19. The SMILES string of the molecule is Cc1nnc(C(C)CCCN)n1C1CCCC1. The van der Waals surface area contributed by atoms with Crippen LogP contribution in [0, 0.1) is 6.92 Å². The molecule has 1 aromatic rings. The molecule has 17 heavy (non-hydrogen) atoms. The van der Waals surface area contributed by atoms with Gasteiger partial charge in [-0.1, -0.05) is 19.8 Å². The highest BCUT2D eigenvalue weighted by Crippen LogP contribution is 2.33. The van der Waals surface area contributed by atoms with Crippen LogP contribution in [-0.2, 0) is 0 Å². The molecular weight excluding hydrogens is 212 g/mol. The Hall–Kier alpha value is -0.900. The first-order valence-corrected chi connectivity index (χ1v) is 6.85. The number of aromatic nitrogens is 3. The van der Waals surface area contributed by atoms with Crippen molar-refractivity contribution >= 4 is 0 Å². The highest BCUT2D eigenvalue weighted by atomic mass is 15.3. The van der Waals surface area contributed by atoms with E-state index in [1.807, 2.05) is 0 Å². The van der Waals surface area contributed by atoms with Gasteiger partial charge in [0.25, 0.3) is 0 Å². The number of hydrogen-bond acceptors (Lipinski definition) is 3. The van der Waals surface area contributed by atoms with Gasteiger partial charge >= 0.3 is 0 Å². The molecule has 0 amide bonds.